The number of aliphatic hydroxyl groups is 1. The summed E-state index contributed by atoms with van der Waals surface area (Å²) in [6.07, 6.45) is 6.61. The topological polar surface area (TPSA) is 46.5 Å². The zero-order valence-electron chi connectivity index (χ0n) is 15.0. The molecule has 0 saturated heterocycles. The van der Waals surface area contributed by atoms with E-state index in [2.05, 4.69) is 26.0 Å². The van der Waals surface area contributed by atoms with Gasteiger partial charge in [0.15, 0.2) is 0 Å². The molecule has 5 atom stereocenters. The fourth-order valence-corrected chi connectivity index (χ4v) is 6.03. The lowest BCUT2D eigenvalue weighted by atomic mass is 9.53. The standard InChI is InChI=1S/C21H28O3/c1-13(22)24-15-5-7-16-14(12-15)4-6-18-17(16)8-10-20(2)19(18)9-11-21(20,3)23/h5,7,12,17-19,23H,4,6,8-11H2,1-3H3/t17-,18-,19+,20+,21+/m1/s1. The van der Waals surface area contributed by atoms with Crippen LogP contribution in [0.5, 0.6) is 5.75 Å². The molecule has 3 nitrogen and oxygen atoms in total. The summed E-state index contributed by atoms with van der Waals surface area (Å²) >= 11 is 0. The van der Waals surface area contributed by atoms with Crippen molar-refractivity contribution in [1.29, 1.82) is 0 Å². The number of fused-ring (bicyclic) bond motifs is 5. The molecule has 2 fully saturated rings. The summed E-state index contributed by atoms with van der Waals surface area (Å²) in [5.74, 6) is 2.33. The van der Waals surface area contributed by atoms with Crippen LogP contribution in [-0.2, 0) is 11.2 Å². The molecule has 24 heavy (non-hydrogen) atoms. The van der Waals surface area contributed by atoms with Crippen molar-refractivity contribution < 1.29 is 14.6 Å². The van der Waals surface area contributed by atoms with Crippen LogP contribution in [0.1, 0.15) is 69.9 Å². The molecule has 0 spiro atoms. The lowest BCUT2D eigenvalue weighted by Crippen LogP contribution is -2.49. The summed E-state index contributed by atoms with van der Waals surface area (Å²) in [6.45, 7) is 5.82. The van der Waals surface area contributed by atoms with Crippen molar-refractivity contribution in [2.75, 3.05) is 0 Å². The molecule has 3 heteroatoms. The van der Waals surface area contributed by atoms with Gasteiger partial charge in [-0.05, 0) is 91.9 Å². The molecule has 0 unspecified atom stereocenters. The summed E-state index contributed by atoms with van der Waals surface area (Å²) in [5, 5.41) is 10.9. The normalized spacial score (nSPS) is 40.4. The molecule has 0 radical (unpaired) electrons. The number of rotatable bonds is 1. The Kier molecular flexibility index (Phi) is 3.58. The molecular weight excluding hydrogens is 300 g/mol. The summed E-state index contributed by atoms with van der Waals surface area (Å²) < 4.78 is 5.26. The highest BCUT2D eigenvalue weighted by atomic mass is 16.5. The van der Waals surface area contributed by atoms with Gasteiger partial charge in [-0.2, -0.15) is 0 Å². The van der Waals surface area contributed by atoms with Crippen LogP contribution in [0, 0.1) is 17.3 Å². The van der Waals surface area contributed by atoms with Crippen molar-refractivity contribution in [2.45, 2.75) is 70.8 Å². The van der Waals surface area contributed by atoms with E-state index in [0.29, 0.717) is 23.5 Å². The van der Waals surface area contributed by atoms with Crippen LogP contribution in [0.3, 0.4) is 0 Å². The van der Waals surface area contributed by atoms with Gasteiger partial charge in [0, 0.05) is 6.92 Å². The third kappa shape index (κ3) is 2.24. The summed E-state index contributed by atoms with van der Waals surface area (Å²) in [7, 11) is 0. The Bertz CT molecular complexity index is 678. The van der Waals surface area contributed by atoms with Gasteiger partial charge >= 0.3 is 5.97 Å². The summed E-state index contributed by atoms with van der Waals surface area (Å²) in [4.78, 5) is 11.2. The first-order valence-electron chi connectivity index (χ1n) is 9.35. The van der Waals surface area contributed by atoms with Crippen LogP contribution in [0.2, 0.25) is 0 Å². The molecule has 0 amide bonds. The van der Waals surface area contributed by atoms with Crippen LogP contribution in [0.25, 0.3) is 0 Å². The van der Waals surface area contributed by atoms with E-state index in [0.717, 1.165) is 32.1 Å². The number of benzene rings is 1. The first-order chi connectivity index (χ1) is 11.3. The van der Waals surface area contributed by atoms with Crippen molar-refractivity contribution in [3.8, 4) is 5.75 Å². The van der Waals surface area contributed by atoms with Crippen LogP contribution in [-0.4, -0.2) is 16.7 Å². The van der Waals surface area contributed by atoms with Gasteiger partial charge in [-0.25, -0.2) is 0 Å². The van der Waals surface area contributed by atoms with Crippen molar-refractivity contribution >= 4 is 5.97 Å². The second-order valence-corrected chi connectivity index (χ2v) is 8.64. The third-order valence-electron chi connectivity index (χ3n) is 7.52. The lowest BCUT2D eigenvalue weighted by Gasteiger charge is -2.52. The summed E-state index contributed by atoms with van der Waals surface area (Å²) in [6, 6.07) is 6.19. The van der Waals surface area contributed by atoms with Crippen LogP contribution < -0.4 is 4.74 Å². The highest BCUT2D eigenvalue weighted by Gasteiger charge is 2.59. The van der Waals surface area contributed by atoms with E-state index in [1.165, 1.54) is 24.5 Å². The maximum Gasteiger partial charge on any atom is 0.308 e. The van der Waals surface area contributed by atoms with E-state index in [1.54, 1.807) is 0 Å². The van der Waals surface area contributed by atoms with Gasteiger partial charge in [-0.1, -0.05) is 13.0 Å². The Morgan fingerprint density at radius 3 is 2.75 bits per heavy atom. The van der Waals surface area contributed by atoms with Crippen LogP contribution in [0.4, 0.5) is 0 Å². The lowest BCUT2D eigenvalue weighted by molar-refractivity contribution is -0.131. The van der Waals surface area contributed by atoms with Crippen LogP contribution in [0.15, 0.2) is 18.2 Å². The molecule has 1 N–H and O–H groups in total. The number of esters is 1. The van der Waals surface area contributed by atoms with E-state index >= 15 is 0 Å². The first-order valence-corrected chi connectivity index (χ1v) is 9.35. The molecule has 3 aliphatic rings. The molecule has 0 heterocycles. The first kappa shape index (κ1) is 16.1. The molecular formula is C21H28O3. The van der Waals surface area contributed by atoms with E-state index in [1.807, 2.05) is 6.07 Å². The minimum absolute atomic E-state index is 0.0728. The quantitative estimate of drug-likeness (QED) is 0.620. The molecule has 0 bridgehead atoms. The summed E-state index contributed by atoms with van der Waals surface area (Å²) in [5.41, 5.74) is 2.37. The number of hydrogen-bond acceptors (Lipinski definition) is 3. The van der Waals surface area contributed by atoms with E-state index in [4.69, 9.17) is 4.74 Å². The van der Waals surface area contributed by atoms with Gasteiger partial charge < -0.3 is 9.84 Å². The molecule has 2 saturated carbocycles. The second-order valence-electron chi connectivity index (χ2n) is 8.64. The fraction of sp³-hybridized carbons (Fsp3) is 0.667. The van der Waals surface area contributed by atoms with Crippen molar-refractivity contribution in [1.82, 2.24) is 0 Å². The van der Waals surface area contributed by atoms with Gasteiger partial charge in [0.1, 0.15) is 5.75 Å². The number of carbonyl (C=O) groups is 1. The Labute approximate surface area is 144 Å². The van der Waals surface area contributed by atoms with E-state index < -0.39 is 5.60 Å². The number of ether oxygens (including phenoxy) is 1. The predicted molar refractivity (Wildman–Crippen MR) is 93.0 cm³/mol. The number of carbonyl (C=O) groups excluding carboxylic acids is 1. The minimum atomic E-state index is -0.512. The van der Waals surface area contributed by atoms with Crippen molar-refractivity contribution in [2.24, 2.45) is 17.3 Å². The number of hydrogen-bond donors (Lipinski definition) is 1. The van der Waals surface area contributed by atoms with Gasteiger partial charge in [-0.15, -0.1) is 0 Å². The van der Waals surface area contributed by atoms with Crippen LogP contribution >= 0.6 is 0 Å². The maximum atomic E-state index is 11.2. The SMILES string of the molecule is CC(=O)Oc1ccc2c(c1)CC[C@@H]1[C@@H]2CC[C@@]2(C)[C@H]1CC[C@]2(C)O. The van der Waals surface area contributed by atoms with Crippen molar-refractivity contribution in [3.05, 3.63) is 29.3 Å². The Hall–Kier alpha value is -1.35. The van der Waals surface area contributed by atoms with E-state index in [9.17, 15) is 9.90 Å². The van der Waals surface area contributed by atoms with Crippen molar-refractivity contribution in [3.63, 3.8) is 0 Å². The van der Waals surface area contributed by atoms with Gasteiger partial charge in [-0.3, -0.25) is 4.79 Å². The van der Waals surface area contributed by atoms with E-state index in [-0.39, 0.29) is 11.4 Å². The largest absolute Gasteiger partial charge is 0.427 e. The highest BCUT2D eigenvalue weighted by Crippen LogP contribution is 2.64. The van der Waals surface area contributed by atoms with Gasteiger partial charge in [0.05, 0.1) is 5.60 Å². The minimum Gasteiger partial charge on any atom is -0.427 e. The molecule has 4 rings (SSSR count). The van der Waals surface area contributed by atoms with Gasteiger partial charge in [0.2, 0.25) is 0 Å². The zero-order valence-corrected chi connectivity index (χ0v) is 15.0. The monoisotopic (exact) mass is 328 g/mol. The average molecular weight is 328 g/mol. The third-order valence-corrected chi connectivity index (χ3v) is 7.52. The molecule has 130 valence electrons. The molecule has 1 aromatic carbocycles. The Morgan fingerprint density at radius 2 is 2.00 bits per heavy atom. The Morgan fingerprint density at radius 1 is 1.21 bits per heavy atom. The molecule has 3 aliphatic carbocycles. The molecule has 0 aromatic heterocycles. The fourth-order valence-electron chi connectivity index (χ4n) is 6.03. The maximum absolute atomic E-state index is 11.2. The predicted octanol–water partition coefficient (Wildman–Crippen LogP) is 4.22. The molecule has 1 aromatic rings. The molecule has 0 aliphatic heterocycles. The average Bonchev–Trinajstić information content (AvgIpc) is 2.76. The van der Waals surface area contributed by atoms with Gasteiger partial charge in [0.25, 0.3) is 0 Å². The highest BCUT2D eigenvalue weighted by molar-refractivity contribution is 5.69. The smallest absolute Gasteiger partial charge is 0.308 e. The Balaban J connectivity index is 1.64. The second kappa shape index (κ2) is 5.32. The zero-order chi connectivity index (χ0) is 17.1. The number of aryl methyl sites for hydroxylation is 1.